The third-order valence-electron chi connectivity index (χ3n) is 10.4. The monoisotopic (exact) mass is 683 g/mol. The summed E-state index contributed by atoms with van der Waals surface area (Å²) in [5.41, 5.74) is 11.1. The van der Waals surface area contributed by atoms with E-state index in [9.17, 15) is 0 Å². The molecule has 0 N–H and O–H groups in total. The SMILES string of the molecule is c1ccc(-c2cccc(-n3c4c(-c5cccc6c5sc5ccccc56)cccc4c4cccc(-c5cccc6c5sc5ccccc56)c43)c2)cc1. The van der Waals surface area contributed by atoms with Gasteiger partial charge in [-0.3, -0.25) is 0 Å². The molecule has 238 valence electrons. The summed E-state index contributed by atoms with van der Waals surface area (Å²) in [5.74, 6) is 0. The fourth-order valence-electron chi connectivity index (χ4n) is 8.18. The van der Waals surface area contributed by atoms with E-state index in [0.29, 0.717) is 0 Å². The van der Waals surface area contributed by atoms with Crippen LogP contribution in [0.1, 0.15) is 0 Å². The molecule has 0 unspecified atom stereocenters. The normalized spacial score (nSPS) is 11.9. The maximum Gasteiger partial charge on any atom is 0.0620 e. The van der Waals surface area contributed by atoms with Crippen LogP contribution in [0.2, 0.25) is 0 Å². The fraction of sp³-hybridized carbons (Fsp3) is 0. The number of aromatic nitrogens is 1. The maximum atomic E-state index is 2.56. The van der Waals surface area contributed by atoms with Crippen LogP contribution in [0.15, 0.2) is 176 Å². The Morgan fingerprint density at radius 1 is 0.314 bits per heavy atom. The van der Waals surface area contributed by atoms with E-state index in [4.69, 9.17) is 0 Å². The molecular weight excluding hydrogens is 655 g/mol. The first-order valence-corrected chi connectivity index (χ1v) is 19.0. The van der Waals surface area contributed by atoms with Crippen LogP contribution in [0, 0.1) is 0 Å². The van der Waals surface area contributed by atoms with Crippen molar-refractivity contribution in [3.05, 3.63) is 176 Å². The highest BCUT2D eigenvalue weighted by atomic mass is 32.1. The van der Waals surface area contributed by atoms with Crippen LogP contribution < -0.4 is 0 Å². The molecule has 0 saturated heterocycles. The van der Waals surface area contributed by atoms with Gasteiger partial charge in [0, 0.05) is 79.1 Å². The van der Waals surface area contributed by atoms with Crippen LogP contribution in [0.25, 0.3) is 101 Å². The average Bonchev–Trinajstić information content (AvgIpc) is 3.88. The van der Waals surface area contributed by atoms with Crippen molar-refractivity contribution in [2.24, 2.45) is 0 Å². The zero-order valence-corrected chi connectivity index (χ0v) is 29.1. The van der Waals surface area contributed by atoms with Crippen LogP contribution in [0.3, 0.4) is 0 Å². The Kier molecular flexibility index (Phi) is 6.36. The van der Waals surface area contributed by atoms with Crippen molar-refractivity contribution in [3.8, 4) is 39.1 Å². The highest BCUT2D eigenvalue weighted by Crippen LogP contribution is 2.48. The standard InChI is InChI=1S/C48H29NS2/c1-2-13-30(14-3-1)31-15-8-16-32(29-31)49-45-35(19-9-21-37(45)41-25-11-23-39-33-17-4-6-27-43(33)50-47(39)41)36-20-10-22-38(46(36)49)42-26-12-24-40-34-18-5-7-28-44(34)51-48(40)42/h1-29H. The molecule has 0 fully saturated rings. The number of para-hydroxylation sites is 2. The van der Waals surface area contributed by atoms with Gasteiger partial charge in [0.1, 0.15) is 0 Å². The van der Waals surface area contributed by atoms with Crippen LogP contribution in [-0.2, 0) is 0 Å². The molecule has 8 aromatic carbocycles. The Labute approximate surface area is 302 Å². The minimum Gasteiger partial charge on any atom is -0.308 e. The van der Waals surface area contributed by atoms with Crippen molar-refractivity contribution in [1.82, 2.24) is 4.57 Å². The molecule has 0 atom stereocenters. The minimum atomic E-state index is 1.16. The van der Waals surface area contributed by atoms with Gasteiger partial charge < -0.3 is 4.57 Å². The second-order valence-electron chi connectivity index (χ2n) is 13.2. The molecule has 0 aliphatic heterocycles. The summed E-state index contributed by atoms with van der Waals surface area (Å²) in [4.78, 5) is 0. The number of fused-ring (bicyclic) bond motifs is 9. The molecule has 0 aliphatic carbocycles. The molecule has 3 heteroatoms. The van der Waals surface area contributed by atoms with Gasteiger partial charge in [-0.25, -0.2) is 0 Å². The van der Waals surface area contributed by atoms with Crippen molar-refractivity contribution in [1.29, 1.82) is 0 Å². The zero-order valence-electron chi connectivity index (χ0n) is 27.5. The van der Waals surface area contributed by atoms with Crippen molar-refractivity contribution < 1.29 is 0 Å². The number of hydrogen-bond donors (Lipinski definition) is 0. The summed E-state index contributed by atoms with van der Waals surface area (Å²) >= 11 is 3.79. The Hall–Kier alpha value is -6.00. The molecule has 0 saturated carbocycles. The lowest BCUT2D eigenvalue weighted by atomic mass is 9.98. The van der Waals surface area contributed by atoms with Gasteiger partial charge in [-0.05, 0) is 35.4 Å². The van der Waals surface area contributed by atoms with E-state index in [0.717, 1.165) is 5.69 Å². The lowest BCUT2D eigenvalue weighted by Gasteiger charge is -2.16. The van der Waals surface area contributed by atoms with E-state index in [2.05, 4.69) is 180 Å². The first-order valence-electron chi connectivity index (χ1n) is 17.4. The van der Waals surface area contributed by atoms with Crippen molar-refractivity contribution in [2.75, 3.05) is 0 Å². The first-order chi connectivity index (χ1) is 25.3. The van der Waals surface area contributed by atoms with Crippen molar-refractivity contribution >= 4 is 84.8 Å². The summed E-state index contributed by atoms with van der Waals surface area (Å²) in [7, 11) is 0. The molecule has 0 aliphatic rings. The second-order valence-corrected chi connectivity index (χ2v) is 15.3. The van der Waals surface area contributed by atoms with E-state index in [1.54, 1.807) is 0 Å². The van der Waals surface area contributed by atoms with Gasteiger partial charge in [-0.2, -0.15) is 0 Å². The van der Waals surface area contributed by atoms with Gasteiger partial charge in [-0.1, -0.05) is 152 Å². The van der Waals surface area contributed by atoms with E-state index < -0.39 is 0 Å². The van der Waals surface area contributed by atoms with Crippen LogP contribution in [0.5, 0.6) is 0 Å². The molecule has 0 radical (unpaired) electrons. The predicted molar refractivity (Wildman–Crippen MR) is 223 cm³/mol. The number of hydrogen-bond acceptors (Lipinski definition) is 2. The molecule has 1 nitrogen and oxygen atoms in total. The Bertz CT molecular complexity index is 2970. The third-order valence-corrected chi connectivity index (χ3v) is 12.8. The second kappa shape index (κ2) is 11.3. The average molecular weight is 684 g/mol. The quantitative estimate of drug-likeness (QED) is 0.174. The lowest BCUT2D eigenvalue weighted by molar-refractivity contribution is 1.18. The van der Waals surface area contributed by atoms with Crippen LogP contribution in [-0.4, -0.2) is 4.57 Å². The molecule has 3 aromatic heterocycles. The van der Waals surface area contributed by atoms with Gasteiger partial charge >= 0.3 is 0 Å². The molecular formula is C48H29NS2. The third kappa shape index (κ3) is 4.32. The lowest BCUT2D eigenvalue weighted by Crippen LogP contribution is -1.98. The van der Waals surface area contributed by atoms with Gasteiger partial charge in [0.25, 0.3) is 0 Å². The van der Waals surface area contributed by atoms with Crippen LogP contribution >= 0.6 is 22.7 Å². The highest BCUT2D eigenvalue weighted by molar-refractivity contribution is 7.26. The molecule has 11 aromatic rings. The maximum absolute atomic E-state index is 2.56. The van der Waals surface area contributed by atoms with E-state index in [1.807, 2.05) is 22.7 Å². The van der Waals surface area contributed by atoms with Crippen LogP contribution in [0.4, 0.5) is 0 Å². The fourth-order valence-corrected chi connectivity index (χ4v) is 10.6. The zero-order chi connectivity index (χ0) is 33.5. The minimum absolute atomic E-state index is 1.16. The summed E-state index contributed by atoms with van der Waals surface area (Å²) in [6, 6.07) is 64.8. The smallest absolute Gasteiger partial charge is 0.0620 e. The molecule has 0 bridgehead atoms. The van der Waals surface area contributed by atoms with E-state index in [-0.39, 0.29) is 0 Å². The Morgan fingerprint density at radius 3 is 1.31 bits per heavy atom. The molecule has 0 spiro atoms. The van der Waals surface area contributed by atoms with Gasteiger partial charge in [0.15, 0.2) is 0 Å². The predicted octanol–water partition coefficient (Wildman–Crippen LogP) is 14.5. The van der Waals surface area contributed by atoms with Gasteiger partial charge in [0.2, 0.25) is 0 Å². The van der Waals surface area contributed by atoms with E-state index in [1.165, 1.54) is 95.5 Å². The number of rotatable bonds is 4. The number of nitrogens with zero attached hydrogens (tertiary/aromatic N) is 1. The topological polar surface area (TPSA) is 4.93 Å². The molecule has 11 rings (SSSR count). The Balaban J connectivity index is 1.29. The largest absolute Gasteiger partial charge is 0.308 e. The highest BCUT2D eigenvalue weighted by Gasteiger charge is 2.22. The summed E-state index contributed by atoms with van der Waals surface area (Å²) in [5, 5.41) is 7.79. The summed E-state index contributed by atoms with van der Waals surface area (Å²) in [6.45, 7) is 0. The molecule has 51 heavy (non-hydrogen) atoms. The number of benzene rings is 8. The Morgan fingerprint density at radius 2 is 0.745 bits per heavy atom. The summed E-state index contributed by atoms with van der Waals surface area (Å²) in [6.07, 6.45) is 0. The van der Waals surface area contributed by atoms with Gasteiger partial charge in [0.05, 0.1) is 11.0 Å². The van der Waals surface area contributed by atoms with E-state index >= 15 is 0 Å². The molecule has 3 heterocycles. The van der Waals surface area contributed by atoms with Crippen molar-refractivity contribution in [2.45, 2.75) is 0 Å². The summed E-state index contributed by atoms with van der Waals surface area (Å²) < 4.78 is 7.86. The van der Waals surface area contributed by atoms with Crippen molar-refractivity contribution in [3.63, 3.8) is 0 Å². The first kappa shape index (κ1) is 28.8. The van der Waals surface area contributed by atoms with Gasteiger partial charge in [-0.15, -0.1) is 22.7 Å². The molecule has 0 amide bonds. The number of thiophene rings is 2.